The van der Waals surface area contributed by atoms with Crippen LogP contribution in [0.25, 0.3) is 0 Å². The highest BCUT2D eigenvalue weighted by Crippen LogP contribution is 2.43. The molecular formula is C73H123N5O54. The lowest BCUT2D eigenvalue weighted by molar-refractivity contribution is -0.399. The number of hydrogen-bond acceptors (Lipinski definition) is 53. The summed E-state index contributed by atoms with van der Waals surface area (Å²) in [7, 11) is 0. The molecule has 35 N–H and O–H groups in total. The number of aliphatic carboxylic acids is 1. The van der Waals surface area contributed by atoms with Crippen molar-refractivity contribution in [2.45, 2.75) is 347 Å². The monoisotopic (exact) mass is 1930 g/mol. The minimum Gasteiger partial charge on any atom is -0.477 e. The third-order valence-corrected chi connectivity index (χ3v) is 23.5. The van der Waals surface area contributed by atoms with E-state index in [0.717, 1.165) is 34.6 Å². The number of carboxylic acid groups (broad SMARTS) is 1. The molecule has 0 radical (unpaired) electrons. The highest BCUT2D eigenvalue weighted by Gasteiger charge is 2.64. The first kappa shape index (κ1) is 111. The van der Waals surface area contributed by atoms with E-state index in [-0.39, 0.29) is 0 Å². The Balaban J connectivity index is 1.05. The zero-order valence-electron chi connectivity index (χ0n) is 71.0. The number of aliphatic hydroxyl groups is 29. The maximum absolute atomic E-state index is 13.3. The molecule has 5 amide bonds. The van der Waals surface area contributed by atoms with Crippen molar-refractivity contribution >= 4 is 35.5 Å². The number of carbonyl (C=O) groups is 6. The Morgan fingerprint density at radius 1 is 0.341 bits per heavy atom. The van der Waals surface area contributed by atoms with Gasteiger partial charge in [0.05, 0.1) is 90.9 Å². The Kier molecular flexibility index (Phi) is 40.8. The van der Waals surface area contributed by atoms with Gasteiger partial charge in [-0.1, -0.05) is 0 Å². The van der Waals surface area contributed by atoms with Crippen LogP contribution in [-0.4, -0.2) is 567 Å². The fourth-order valence-electron chi connectivity index (χ4n) is 16.6. The van der Waals surface area contributed by atoms with Gasteiger partial charge in [-0.3, -0.25) is 24.0 Å². The summed E-state index contributed by atoms with van der Waals surface area (Å²) in [6, 6.07) is -9.61. The number of hydrogen-bond donors (Lipinski definition) is 35. The number of nitrogens with one attached hydrogen (secondary N) is 5. The van der Waals surface area contributed by atoms with E-state index in [9.17, 15) is 182 Å². The van der Waals surface area contributed by atoms with Crippen molar-refractivity contribution in [2.75, 3.05) is 72.7 Å². The number of amides is 5. The zero-order chi connectivity index (χ0) is 98.0. The second-order valence-electron chi connectivity index (χ2n) is 32.9. The van der Waals surface area contributed by atoms with E-state index in [2.05, 4.69) is 26.6 Å². The molecule has 9 aliphatic heterocycles. The molecule has 9 rings (SSSR count). The average molecular weight is 1930 g/mol. The van der Waals surface area contributed by atoms with E-state index in [1.165, 1.54) is 0 Å². The molecule has 9 aliphatic rings. The second kappa shape index (κ2) is 48.7. The molecule has 9 heterocycles. The van der Waals surface area contributed by atoms with Crippen molar-refractivity contribution in [1.29, 1.82) is 0 Å². The van der Waals surface area contributed by atoms with Crippen LogP contribution in [0.3, 0.4) is 0 Å². The summed E-state index contributed by atoms with van der Waals surface area (Å²) in [5, 5.41) is 347. The van der Waals surface area contributed by atoms with Gasteiger partial charge in [0, 0.05) is 41.0 Å². The van der Waals surface area contributed by atoms with Gasteiger partial charge in [-0.25, -0.2) is 4.79 Å². The maximum Gasteiger partial charge on any atom is 0.364 e. The summed E-state index contributed by atoms with van der Waals surface area (Å²) in [6.45, 7) is -8.70. The molecule has 764 valence electrons. The van der Waals surface area contributed by atoms with Gasteiger partial charge in [0.2, 0.25) is 29.5 Å². The van der Waals surface area contributed by atoms with E-state index in [1.807, 2.05) is 0 Å². The first-order valence-electron chi connectivity index (χ1n) is 41.7. The minimum absolute atomic E-state index is 0.841. The summed E-state index contributed by atoms with van der Waals surface area (Å²) in [4.78, 5) is 77.0. The number of aliphatic hydroxyl groups excluding tert-OH is 29. The van der Waals surface area contributed by atoms with Crippen LogP contribution in [0.5, 0.6) is 0 Å². The van der Waals surface area contributed by atoms with Crippen molar-refractivity contribution in [2.24, 2.45) is 0 Å². The van der Waals surface area contributed by atoms with Crippen LogP contribution in [0.2, 0.25) is 0 Å². The molecule has 0 aromatic rings. The summed E-state index contributed by atoms with van der Waals surface area (Å²) in [6.07, 6.45) is -99.8. The van der Waals surface area contributed by atoms with Crippen LogP contribution in [0.4, 0.5) is 0 Å². The summed E-state index contributed by atoms with van der Waals surface area (Å²) >= 11 is 0. The molecule has 59 heteroatoms. The summed E-state index contributed by atoms with van der Waals surface area (Å²) in [5.41, 5.74) is 0. The molecule has 0 aromatic heterocycles. The number of ether oxygens (including phenoxy) is 18. The molecule has 0 saturated carbocycles. The normalized spacial score (nSPS) is 44.7. The van der Waals surface area contributed by atoms with Crippen LogP contribution in [-0.2, 0) is 114 Å². The van der Waals surface area contributed by atoms with Gasteiger partial charge in [-0.05, 0) is 0 Å². The Hall–Kier alpha value is -5.06. The largest absolute Gasteiger partial charge is 0.477 e. The SMILES string of the molecule is CC(=O)N[C@H]1[C@H](O[C@@H]([C@H](O)[C@H](CO)NC(C)=O)[C@H](O)CO)O[C@H](CO)[C@@H](O[C@@H]2O[C@H](CO[C@H]3O[C@H](CO)[C@@H](O)[C@H](O)[C@@H]3O[C@@H]3O[C@H](CO)[C@@H](O[C@@H]4O[C@H](CO)[C@H](O)[C@H](O[C@]5(C(=O)O)C[C@H](O)[C@@H](NC(C)=O)[C@H]([C@H](O)[C@H](O)CO)O5)[C@H]4O)[C@H](O)[C@H]3NC(C)=O)[C@@H](O)[C@H](O[C@H]3O[C@H](CO)[C@@H](O)[C@H](O)[C@@H]3O[C@@H]3O[C@H](CO)[C@@H](O[C@@H]4O[C@H](CO)[C@H](O)[C@H](O)[C@H]4O)[C@H](O)[C@H]3NC(C)=O)[C@@H]2O)[C@@H]1O. The lowest BCUT2D eigenvalue weighted by atomic mass is 9.88. The molecular weight excluding hydrogens is 1810 g/mol. The predicted octanol–water partition coefficient (Wildman–Crippen LogP) is -23.2. The van der Waals surface area contributed by atoms with Gasteiger partial charge >= 0.3 is 5.97 Å². The van der Waals surface area contributed by atoms with Crippen molar-refractivity contribution in [3.05, 3.63) is 0 Å². The second-order valence-corrected chi connectivity index (χ2v) is 32.9. The van der Waals surface area contributed by atoms with E-state index >= 15 is 0 Å². The smallest absolute Gasteiger partial charge is 0.364 e. The van der Waals surface area contributed by atoms with Crippen LogP contribution >= 0.6 is 0 Å². The lowest BCUT2D eigenvalue weighted by Gasteiger charge is -2.51. The Morgan fingerprint density at radius 3 is 1.11 bits per heavy atom. The molecule has 9 fully saturated rings. The summed E-state index contributed by atoms with van der Waals surface area (Å²) < 4.78 is 107. The van der Waals surface area contributed by atoms with Crippen molar-refractivity contribution in [3.63, 3.8) is 0 Å². The van der Waals surface area contributed by atoms with Gasteiger partial charge in [0.15, 0.2) is 50.3 Å². The van der Waals surface area contributed by atoms with E-state index < -0.39 is 421 Å². The lowest BCUT2D eigenvalue weighted by Crippen LogP contribution is -2.71. The average Bonchev–Trinajstić information content (AvgIpc) is 0.751. The van der Waals surface area contributed by atoms with Crippen molar-refractivity contribution < 1.29 is 267 Å². The van der Waals surface area contributed by atoms with Crippen molar-refractivity contribution in [3.8, 4) is 0 Å². The molecule has 0 unspecified atom stereocenters. The minimum atomic E-state index is -3.32. The molecule has 9 saturated heterocycles. The van der Waals surface area contributed by atoms with Crippen LogP contribution in [0, 0.1) is 0 Å². The van der Waals surface area contributed by atoms with Gasteiger partial charge in [-0.2, -0.15) is 0 Å². The van der Waals surface area contributed by atoms with Crippen molar-refractivity contribution in [1.82, 2.24) is 26.6 Å². The van der Waals surface area contributed by atoms with Gasteiger partial charge in [-0.15, -0.1) is 0 Å². The quantitative estimate of drug-likeness (QED) is 0.0271. The fraction of sp³-hybridized carbons (Fsp3) is 0.918. The molecule has 0 aliphatic carbocycles. The third kappa shape index (κ3) is 25.0. The molecule has 59 nitrogen and oxygen atoms in total. The first-order chi connectivity index (χ1) is 62.3. The standard InChI is InChI=1S/C73H123N5O54/c1-18(89)74-23(7-79)39(97)55(26(96)9-81)124-64-36(76-20(3)91)46(104)57(32(15-87)120-64)126-68-53(111)60(128-71-63(51(109)43(101)29(12-84)119-71)130-66-38(78-22(5)93)47(105)56(31(14-86)122-66)125-67-52(110)49(107)41(99)27(10-82)116-67)45(103)34(123-68)17-115-70-62(50(108)42(100)28(11-83)118-70)129-65-37(77-21(4)92)48(106)58(33(16-88)121-65)127-69-54(112)61(44(102)30(13-85)117-69)132-73(72(113)114)6-24(94)35(75-19(2)90)59(131-73)40(98)25(95)8-80/h23-71,79-88,94-112H,6-17H2,1-5H3,(H,74,89)(H,75,90)(H,76,91)(H,77,92)(H,78,93)(H,113,114)/t23-,24-,25+,26+,27+,28+,29+,30+,31+,32+,33+,34+,35+,36+,37+,38+,39+,40+,41-,42+,43+,44-,45+,46+,47+,48+,49-,50-,51-,52+,53-,54+,55+,56+,57+,58+,59+,60-,61-,62-,63-,64-,65-,66-,67-,68-,69-,70-,71+,73-/m0/s1. The maximum atomic E-state index is 13.3. The fourth-order valence-corrected chi connectivity index (χ4v) is 16.6. The van der Waals surface area contributed by atoms with Crippen LogP contribution in [0.15, 0.2) is 0 Å². The van der Waals surface area contributed by atoms with Gasteiger partial charge in [0.25, 0.3) is 5.79 Å². The Bertz CT molecular complexity index is 3630. The van der Waals surface area contributed by atoms with Crippen LogP contribution < -0.4 is 26.6 Å². The molecule has 0 bridgehead atoms. The van der Waals surface area contributed by atoms with E-state index in [0.29, 0.717) is 0 Å². The van der Waals surface area contributed by atoms with E-state index in [4.69, 9.17) is 85.3 Å². The number of carboxylic acids is 1. The molecule has 132 heavy (non-hydrogen) atoms. The Labute approximate surface area is 747 Å². The first-order valence-corrected chi connectivity index (χ1v) is 41.7. The Morgan fingerprint density at radius 2 is 0.689 bits per heavy atom. The molecule has 0 aromatic carbocycles. The predicted molar refractivity (Wildman–Crippen MR) is 407 cm³/mol. The zero-order valence-corrected chi connectivity index (χ0v) is 71.0. The topological polar surface area (TPSA) is 936 Å². The van der Waals surface area contributed by atoms with Gasteiger partial charge in [0.1, 0.15) is 232 Å². The highest BCUT2D eigenvalue weighted by atomic mass is 16.8. The van der Waals surface area contributed by atoms with Crippen LogP contribution in [0.1, 0.15) is 41.0 Å². The number of rotatable bonds is 40. The van der Waals surface area contributed by atoms with Gasteiger partial charge < -0.3 is 265 Å². The van der Waals surface area contributed by atoms with E-state index in [1.54, 1.807) is 0 Å². The number of carbonyl (C=O) groups excluding carboxylic acids is 5. The molecule has 50 atom stereocenters. The summed E-state index contributed by atoms with van der Waals surface area (Å²) in [5.74, 6) is -10.3. The highest BCUT2D eigenvalue weighted by molar-refractivity contribution is 5.77. The molecule has 0 spiro atoms. The third-order valence-electron chi connectivity index (χ3n) is 23.5.